The Bertz CT molecular complexity index is 639. The fourth-order valence-corrected chi connectivity index (χ4v) is 3.13. The second kappa shape index (κ2) is 5.96. The highest BCUT2D eigenvalue weighted by molar-refractivity contribution is 7.88. The van der Waals surface area contributed by atoms with E-state index < -0.39 is 14.9 Å². The van der Waals surface area contributed by atoms with Crippen LogP contribution in [0.3, 0.4) is 0 Å². The maximum atomic E-state index is 11.4. The van der Waals surface area contributed by atoms with Gasteiger partial charge in [-0.1, -0.05) is 0 Å². The number of piperazine rings is 1. The Morgan fingerprint density at radius 1 is 1.29 bits per heavy atom. The van der Waals surface area contributed by atoms with Crippen molar-refractivity contribution in [2.45, 2.75) is 6.54 Å². The summed E-state index contributed by atoms with van der Waals surface area (Å²) in [5.74, 6) is 0. The molecule has 1 aliphatic heterocycles. The Morgan fingerprint density at radius 2 is 1.90 bits per heavy atom. The fraction of sp³-hybridized carbons (Fsp3) is 0.500. The van der Waals surface area contributed by atoms with Gasteiger partial charge in [-0.3, -0.25) is 15.0 Å². The minimum Gasteiger partial charge on any atom is -0.398 e. The molecule has 0 saturated carbocycles. The summed E-state index contributed by atoms with van der Waals surface area (Å²) in [7, 11) is -3.16. The van der Waals surface area contributed by atoms with Gasteiger partial charge in [-0.15, -0.1) is 0 Å². The van der Waals surface area contributed by atoms with E-state index in [1.807, 2.05) is 4.90 Å². The van der Waals surface area contributed by atoms with Crippen molar-refractivity contribution in [3.8, 4) is 0 Å². The SMILES string of the molecule is CS(=O)(=O)N1CCN(Cc2cc([N+](=O)[O-])ccc2N)CC1. The van der Waals surface area contributed by atoms with E-state index in [-0.39, 0.29) is 5.69 Å². The van der Waals surface area contributed by atoms with Gasteiger partial charge in [-0.05, 0) is 11.6 Å². The van der Waals surface area contributed by atoms with Crippen LogP contribution in [0.5, 0.6) is 0 Å². The highest BCUT2D eigenvalue weighted by Crippen LogP contribution is 2.21. The lowest BCUT2D eigenvalue weighted by molar-refractivity contribution is -0.384. The second-order valence-electron chi connectivity index (χ2n) is 5.08. The summed E-state index contributed by atoms with van der Waals surface area (Å²) in [5, 5.41) is 10.8. The van der Waals surface area contributed by atoms with Gasteiger partial charge in [-0.2, -0.15) is 4.31 Å². The Kier molecular flexibility index (Phi) is 4.45. The Hall–Kier alpha value is -1.71. The van der Waals surface area contributed by atoms with Gasteiger partial charge in [0, 0.05) is 50.5 Å². The number of rotatable bonds is 4. The minimum absolute atomic E-state index is 0.00831. The molecule has 1 heterocycles. The zero-order valence-corrected chi connectivity index (χ0v) is 12.5. The first-order valence-corrected chi connectivity index (χ1v) is 8.32. The van der Waals surface area contributed by atoms with Crippen molar-refractivity contribution in [1.29, 1.82) is 0 Å². The van der Waals surface area contributed by atoms with Gasteiger partial charge in [0.15, 0.2) is 0 Å². The molecule has 1 aliphatic rings. The van der Waals surface area contributed by atoms with E-state index in [0.717, 1.165) is 0 Å². The molecule has 116 valence electrons. The van der Waals surface area contributed by atoms with E-state index in [2.05, 4.69) is 0 Å². The summed E-state index contributed by atoms with van der Waals surface area (Å²) in [4.78, 5) is 12.4. The van der Waals surface area contributed by atoms with Crippen LogP contribution in [0.2, 0.25) is 0 Å². The van der Waals surface area contributed by atoms with Gasteiger partial charge in [0.05, 0.1) is 11.2 Å². The monoisotopic (exact) mass is 314 g/mol. The number of nitro groups is 1. The molecule has 1 aromatic carbocycles. The van der Waals surface area contributed by atoms with Crippen LogP contribution in [-0.4, -0.2) is 55.0 Å². The van der Waals surface area contributed by atoms with E-state index in [0.29, 0.717) is 44.0 Å². The largest absolute Gasteiger partial charge is 0.398 e. The van der Waals surface area contributed by atoms with Crippen molar-refractivity contribution >= 4 is 21.4 Å². The van der Waals surface area contributed by atoms with Crippen LogP contribution in [0.1, 0.15) is 5.56 Å². The summed E-state index contributed by atoms with van der Waals surface area (Å²) < 4.78 is 24.3. The Labute approximate surface area is 123 Å². The van der Waals surface area contributed by atoms with Crippen molar-refractivity contribution < 1.29 is 13.3 Å². The van der Waals surface area contributed by atoms with Crippen molar-refractivity contribution in [1.82, 2.24) is 9.21 Å². The van der Waals surface area contributed by atoms with Crippen LogP contribution in [0.15, 0.2) is 18.2 Å². The van der Waals surface area contributed by atoms with Crippen LogP contribution in [0.4, 0.5) is 11.4 Å². The molecule has 2 rings (SSSR count). The van der Waals surface area contributed by atoms with Crippen molar-refractivity contribution in [3.63, 3.8) is 0 Å². The molecule has 0 bridgehead atoms. The molecule has 2 N–H and O–H groups in total. The number of anilines is 1. The maximum Gasteiger partial charge on any atom is 0.269 e. The standard InChI is InChI=1S/C12H18N4O4S/c1-21(19,20)15-6-4-14(5-7-15)9-10-8-11(16(17)18)2-3-12(10)13/h2-3,8H,4-7,9,13H2,1H3. The molecule has 0 aromatic heterocycles. The Morgan fingerprint density at radius 3 is 2.43 bits per heavy atom. The lowest BCUT2D eigenvalue weighted by Crippen LogP contribution is -2.47. The first kappa shape index (κ1) is 15.7. The molecule has 0 radical (unpaired) electrons. The fourth-order valence-electron chi connectivity index (χ4n) is 2.30. The molecular weight excluding hydrogens is 296 g/mol. The summed E-state index contributed by atoms with van der Waals surface area (Å²) in [6.07, 6.45) is 1.20. The highest BCUT2D eigenvalue weighted by atomic mass is 32.2. The molecule has 1 aromatic rings. The van der Waals surface area contributed by atoms with Crippen molar-refractivity contribution in [2.24, 2.45) is 0 Å². The molecule has 0 amide bonds. The van der Waals surface area contributed by atoms with E-state index in [9.17, 15) is 18.5 Å². The Balaban J connectivity index is 2.04. The molecule has 0 unspecified atom stereocenters. The number of sulfonamides is 1. The molecule has 1 saturated heterocycles. The molecule has 0 spiro atoms. The third kappa shape index (κ3) is 3.90. The van der Waals surface area contributed by atoms with E-state index in [1.165, 1.54) is 28.8 Å². The third-order valence-electron chi connectivity index (χ3n) is 3.53. The van der Waals surface area contributed by atoms with Gasteiger partial charge in [-0.25, -0.2) is 8.42 Å². The average Bonchev–Trinajstić information content (AvgIpc) is 2.40. The number of nitro benzene ring substituents is 1. The van der Waals surface area contributed by atoms with Gasteiger partial charge in [0.1, 0.15) is 0 Å². The first-order chi connectivity index (χ1) is 9.77. The number of non-ortho nitro benzene ring substituents is 1. The van der Waals surface area contributed by atoms with Gasteiger partial charge in [0.2, 0.25) is 10.0 Å². The quantitative estimate of drug-likeness (QED) is 0.485. The zero-order chi connectivity index (χ0) is 15.6. The highest BCUT2D eigenvalue weighted by Gasteiger charge is 2.24. The normalized spacial score (nSPS) is 17.8. The smallest absolute Gasteiger partial charge is 0.269 e. The van der Waals surface area contributed by atoms with Crippen LogP contribution in [0, 0.1) is 10.1 Å². The van der Waals surface area contributed by atoms with Gasteiger partial charge >= 0.3 is 0 Å². The number of nitrogen functional groups attached to an aromatic ring is 1. The molecule has 0 aliphatic carbocycles. The molecule has 9 heteroatoms. The predicted molar refractivity (Wildman–Crippen MR) is 79.2 cm³/mol. The zero-order valence-electron chi connectivity index (χ0n) is 11.7. The first-order valence-electron chi connectivity index (χ1n) is 6.47. The number of hydrogen-bond acceptors (Lipinski definition) is 6. The number of nitrogens with two attached hydrogens (primary N) is 1. The van der Waals surface area contributed by atoms with Gasteiger partial charge < -0.3 is 5.73 Å². The van der Waals surface area contributed by atoms with Crippen LogP contribution in [-0.2, 0) is 16.6 Å². The van der Waals surface area contributed by atoms with Gasteiger partial charge in [0.25, 0.3) is 5.69 Å². The lowest BCUT2D eigenvalue weighted by atomic mass is 10.1. The summed E-state index contributed by atoms with van der Waals surface area (Å²) >= 11 is 0. The lowest BCUT2D eigenvalue weighted by Gasteiger charge is -2.33. The topological polar surface area (TPSA) is 110 Å². The van der Waals surface area contributed by atoms with E-state index in [4.69, 9.17) is 5.73 Å². The molecular formula is C12H18N4O4S. The third-order valence-corrected chi connectivity index (χ3v) is 4.83. The van der Waals surface area contributed by atoms with Crippen molar-refractivity contribution in [2.75, 3.05) is 38.2 Å². The molecule has 0 atom stereocenters. The summed E-state index contributed by atoms with van der Waals surface area (Å²) in [6, 6.07) is 4.37. The second-order valence-corrected chi connectivity index (χ2v) is 7.06. The minimum atomic E-state index is -3.16. The summed E-state index contributed by atoms with van der Waals surface area (Å²) in [6.45, 7) is 2.48. The summed E-state index contributed by atoms with van der Waals surface area (Å²) in [5.41, 5.74) is 7.05. The van der Waals surface area contributed by atoms with Crippen LogP contribution >= 0.6 is 0 Å². The van der Waals surface area contributed by atoms with Crippen LogP contribution in [0.25, 0.3) is 0 Å². The van der Waals surface area contributed by atoms with E-state index in [1.54, 1.807) is 0 Å². The maximum absolute atomic E-state index is 11.4. The predicted octanol–water partition coefficient (Wildman–Crippen LogP) is 0.254. The van der Waals surface area contributed by atoms with Crippen molar-refractivity contribution in [3.05, 3.63) is 33.9 Å². The van der Waals surface area contributed by atoms with Crippen LogP contribution < -0.4 is 5.73 Å². The molecule has 1 fully saturated rings. The molecule has 21 heavy (non-hydrogen) atoms. The average molecular weight is 314 g/mol. The number of hydrogen-bond donors (Lipinski definition) is 1. The number of benzene rings is 1. The number of nitrogens with zero attached hydrogens (tertiary/aromatic N) is 3. The molecule has 8 nitrogen and oxygen atoms in total. The van der Waals surface area contributed by atoms with E-state index >= 15 is 0 Å².